The normalized spacial score (nSPS) is 14.9. The van der Waals surface area contributed by atoms with Gasteiger partial charge < -0.3 is 43.4 Å². The van der Waals surface area contributed by atoms with Crippen LogP contribution in [0.5, 0.6) is 0 Å². The zero-order valence-corrected chi connectivity index (χ0v) is 19.6. The lowest BCUT2D eigenvalue weighted by molar-refractivity contribution is -0.144. The number of amides is 5. The van der Waals surface area contributed by atoms with Crippen molar-refractivity contribution in [2.75, 3.05) is 0 Å². The maximum absolute atomic E-state index is 12.9. The van der Waals surface area contributed by atoms with Crippen molar-refractivity contribution in [1.29, 1.82) is 0 Å². The first-order chi connectivity index (χ1) is 16.2. The van der Waals surface area contributed by atoms with E-state index in [2.05, 4.69) is 10.6 Å². The molecule has 5 amide bonds. The molecule has 0 fully saturated rings. The molecule has 0 aromatic carbocycles. The van der Waals surface area contributed by atoms with Crippen LogP contribution in [-0.2, 0) is 33.6 Å². The van der Waals surface area contributed by atoms with Crippen LogP contribution in [0.3, 0.4) is 0 Å². The number of carbonyl (C=O) groups excluding carboxylic acids is 5. The second-order valence-electron chi connectivity index (χ2n) is 8.04. The average Bonchev–Trinajstić information content (AvgIpc) is 2.76. The molecule has 0 aromatic heterocycles. The van der Waals surface area contributed by atoms with Crippen molar-refractivity contribution in [2.45, 2.75) is 76.5 Å². The van der Waals surface area contributed by atoms with Gasteiger partial charge in [0.05, 0.1) is 12.5 Å². The molecule has 15 heteroatoms. The van der Waals surface area contributed by atoms with Crippen LogP contribution in [0.15, 0.2) is 0 Å². The van der Waals surface area contributed by atoms with Gasteiger partial charge in [-0.3, -0.25) is 28.8 Å². The first-order valence-corrected chi connectivity index (χ1v) is 10.9. The highest BCUT2D eigenvalue weighted by Crippen LogP contribution is 2.08. The van der Waals surface area contributed by atoms with Crippen molar-refractivity contribution in [3.8, 4) is 0 Å². The van der Waals surface area contributed by atoms with Crippen LogP contribution in [0.1, 0.15) is 52.4 Å². The van der Waals surface area contributed by atoms with E-state index in [1.54, 1.807) is 6.92 Å². The minimum Gasteiger partial charge on any atom is -0.481 e. The van der Waals surface area contributed by atoms with Crippen LogP contribution in [0, 0.1) is 5.92 Å². The SMILES string of the molecule is CCC(C)C(N)C(=O)NC(CCC(N)=O)C(=O)NC(CCC(=O)O)C(=O)NC(CC(N)=O)C(=O)O. The van der Waals surface area contributed by atoms with Gasteiger partial charge in [-0.25, -0.2) is 4.79 Å². The van der Waals surface area contributed by atoms with E-state index in [1.165, 1.54) is 0 Å². The van der Waals surface area contributed by atoms with E-state index in [9.17, 15) is 38.7 Å². The Kier molecular flexibility index (Phi) is 13.6. The minimum absolute atomic E-state index is 0.234. The third-order valence-electron chi connectivity index (χ3n) is 5.17. The van der Waals surface area contributed by atoms with Crippen LogP contribution in [0.2, 0.25) is 0 Å². The first-order valence-electron chi connectivity index (χ1n) is 10.9. The number of carboxylic acid groups (broad SMARTS) is 2. The van der Waals surface area contributed by atoms with Gasteiger partial charge >= 0.3 is 11.9 Å². The summed E-state index contributed by atoms with van der Waals surface area (Å²) in [5.41, 5.74) is 16.0. The fraction of sp³-hybridized carbons (Fsp3) is 0.650. The van der Waals surface area contributed by atoms with E-state index < -0.39 is 84.9 Å². The van der Waals surface area contributed by atoms with Crippen LogP contribution in [0.4, 0.5) is 0 Å². The van der Waals surface area contributed by atoms with Gasteiger partial charge in [-0.05, 0) is 18.8 Å². The van der Waals surface area contributed by atoms with Crippen molar-refractivity contribution in [3.05, 3.63) is 0 Å². The van der Waals surface area contributed by atoms with E-state index in [1.807, 2.05) is 12.2 Å². The van der Waals surface area contributed by atoms with Crippen LogP contribution in [-0.4, -0.2) is 75.9 Å². The number of nitrogens with one attached hydrogen (secondary N) is 3. The Balaban J connectivity index is 5.69. The molecule has 0 aliphatic carbocycles. The Bertz CT molecular complexity index is 819. The number of carboxylic acids is 2. The van der Waals surface area contributed by atoms with E-state index in [0.717, 1.165) is 0 Å². The third-order valence-corrected chi connectivity index (χ3v) is 5.17. The van der Waals surface area contributed by atoms with Crippen LogP contribution < -0.4 is 33.2 Å². The number of hydrogen-bond acceptors (Lipinski definition) is 8. The topological polar surface area (TPSA) is 274 Å². The van der Waals surface area contributed by atoms with Gasteiger partial charge in [0.2, 0.25) is 29.5 Å². The predicted molar refractivity (Wildman–Crippen MR) is 120 cm³/mol. The number of hydrogen-bond donors (Lipinski definition) is 8. The molecule has 0 bridgehead atoms. The molecule has 0 saturated carbocycles. The summed E-state index contributed by atoms with van der Waals surface area (Å²) in [6.07, 6.45) is -1.75. The summed E-state index contributed by atoms with van der Waals surface area (Å²) < 4.78 is 0. The van der Waals surface area contributed by atoms with Gasteiger partial charge in [0.25, 0.3) is 0 Å². The largest absolute Gasteiger partial charge is 0.481 e. The number of nitrogens with two attached hydrogens (primary N) is 3. The molecule has 0 heterocycles. The Hall–Kier alpha value is -3.75. The molecule has 0 aromatic rings. The number of aliphatic carboxylic acids is 2. The smallest absolute Gasteiger partial charge is 0.326 e. The highest BCUT2D eigenvalue weighted by atomic mass is 16.4. The molecule has 0 aliphatic rings. The number of primary amides is 2. The van der Waals surface area contributed by atoms with E-state index in [4.69, 9.17) is 22.3 Å². The van der Waals surface area contributed by atoms with Gasteiger partial charge in [0.15, 0.2) is 0 Å². The summed E-state index contributed by atoms with van der Waals surface area (Å²) in [5, 5.41) is 24.8. The van der Waals surface area contributed by atoms with Crippen molar-refractivity contribution in [2.24, 2.45) is 23.1 Å². The molecule has 0 radical (unpaired) electrons. The standard InChI is InChI=1S/C20H34N6O9/c1-3-9(2)16(23)19(33)25-10(4-6-13(21)27)17(31)24-11(5-7-15(29)30)18(32)26-12(20(34)35)8-14(22)28/h9-12,16H,3-8,23H2,1-2H3,(H2,21,27)(H2,22,28)(H,24,31)(H,25,33)(H,26,32)(H,29,30)(H,34,35). The Morgan fingerprint density at radius 3 is 1.60 bits per heavy atom. The molecule has 0 rings (SSSR count). The van der Waals surface area contributed by atoms with Crippen molar-refractivity contribution in [1.82, 2.24) is 16.0 Å². The average molecular weight is 503 g/mol. The second-order valence-corrected chi connectivity index (χ2v) is 8.04. The summed E-state index contributed by atoms with van der Waals surface area (Å²) in [6.45, 7) is 3.53. The Morgan fingerprint density at radius 2 is 1.20 bits per heavy atom. The Labute approximate surface area is 201 Å². The van der Waals surface area contributed by atoms with E-state index in [0.29, 0.717) is 6.42 Å². The van der Waals surface area contributed by atoms with Gasteiger partial charge in [-0.1, -0.05) is 20.3 Å². The second kappa shape index (κ2) is 15.2. The number of rotatable bonds is 17. The van der Waals surface area contributed by atoms with E-state index in [-0.39, 0.29) is 18.8 Å². The molecule has 5 unspecified atom stereocenters. The quantitative estimate of drug-likeness (QED) is 0.0991. The number of carbonyl (C=O) groups is 7. The molecule has 0 saturated heterocycles. The minimum atomic E-state index is -1.72. The van der Waals surface area contributed by atoms with E-state index >= 15 is 0 Å². The monoisotopic (exact) mass is 502 g/mol. The maximum atomic E-state index is 12.9. The lowest BCUT2D eigenvalue weighted by Crippen LogP contribution is -2.58. The zero-order chi connectivity index (χ0) is 27.3. The van der Waals surface area contributed by atoms with Crippen LogP contribution >= 0.6 is 0 Å². The Morgan fingerprint density at radius 1 is 0.743 bits per heavy atom. The lowest BCUT2D eigenvalue weighted by atomic mass is 9.98. The van der Waals surface area contributed by atoms with Crippen LogP contribution in [0.25, 0.3) is 0 Å². The van der Waals surface area contributed by atoms with Crippen molar-refractivity contribution < 1.29 is 43.8 Å². The van der Waals surface area contributed by atoms with Gasteiger partial charge in [0, 0.05) is 12.8 Å². The molecular formula is C20H34N6O9. The fourth-order valence-electron chi connectivity index (χ4n) is 2.82. The molecule has 0 spiro atoms. The maximum Gasteiger partial charge on any atom is 0.326 e. The zero-order valence-electron chi connectivity index (χ0n) is 19.6. The summed E-state index contributed by atoms with van der Waals surface area (Å²) >= 11 is 0. The summed E-state index contributed by atoms with van der Waals surface area (Å²) in [6, 6.07) is -5.60. The molecule has 0 aliphatic heterocycles. The van der Waals surface area contributed by atoms with Gasteiger partial charge in [-0.2, -0.15) is 0 Å². The first kappa shape index (κ1) is 31.2. The van der Waals surface area contributed by atoms with Gasteiger partial charge in [-0.15, -0.1) is 0 Å². The summed E-state index contributed by atoms with van der Waals surface area (Å²) in [5.74, 6) is -7.64. The highest BCUT2D eigenvalue weighted by molar-refractivity contribution is 5.95. The highest BCUT2D eigenvalue weighted by Gasteiger charge is 2.31. The van der Waals surface area contributed by atoms with Gasteiger partial charge in [0.1, 0.15) is 18.1 Å². The fourth-order valence-corrected chi connectivity index (χ4v) is 2.82. The summed E-state index contributed by atoms with van der Waals surface area (Å²) in [4.78, 5) is 82.5. The molecule has 198 valence electrons. The molecule has 15 nitrogen and oxygen atoms in total. The third kappa shape index (κ3) is 12.3. The molecule has 35 heavy (non-hydrogen) atoms. The molecule has 11 N–H and O–H groups in total. The van der Waals surface area contributed by atoms with Crippen molar-refractivity contribution >= 4 is 41.5 Å². The lowest BCUT2D eigenvalue weighted by Gasteiger charge is -2.25. The van der Waals surface area contributed by atoms with Crippen molar-refractivity contribution in [3.63, 3.8) is 0 Å². The predicted octanol–water partition coefficient (Wildman–Crippen LogP) is -3.10. The molecular weight excluding hydrogens is 468 g/mol. The molecule has 5 atom stereocenters. The summed E-state index contributed by atoms with van der Waals surface area (Å²) in [7, 11) is 0.